The molecule has 15 heavy (non-hydrogen) atoms. The lowest BCUT2D eigenvalue weighted by molar-refractivity contribution is 0.458. The highest BCUT2D eigenvalue weighted by molar-refractivity contribution is 8.93. The minimum atomic E-state index is 0. The van der Waals surface area contributed by atoms with Crippen LogP contribution in [0, 0.1) is 0 Å². The van der Waals surface area contributed by atoms with Crippen LogP contribution in [0.1, 0.15) is 59.3 Å². The molecule has 1 N–H and O–H groups in total. The Morgan fingerprint density at radius 2 is 1.60 bits per heavy atom. The lowest BCUT2D eigenvalue weighted by Crippen LogP contribution is -2.37. The molecule has 0 aromatic heterocycles. The predicted molar refractivity (Wildman–Crippen MR) is 76.0 cm³/mol. The van der Waals surface area contributed by atoms with Crippen molar-refractivity contribution in [2.75, 3.05) is 6.54 Å². The molecule has 0 heterocycles. The second-order valence-corrected chi connectivity index (χ2v) is 4.62. The van der Waals surface area contributed by atoms with Crippen LogP contribution in [0.15, 0.2) is 12.7 Å². The first kappa shape index (κ1) is 17.6. The van der Waals surface area contributed by atoms with Crippen LogP contribution in [-0.4, -0.2) is 12.1 Å². The van der Waals surface area contributed by atoms with E-state index in [2.05, 4.69) is 32.7 Å². The number of nitrogens with one attached hydrogen (secondary N) is 1. The van der Waals surface area contributed by atoms with E-state index in [0.29, 0.717) is 0 Å². The molecule has 0 bridgehead atoms. The second-order valence-electron chi connectivity index (χ2n) is 4.62. The molecule has 0 fully saturated rings. The first-order chi connectivity index (χ1) is 6.62. The monoisotopic (exact) mass is 277 g/mol. The molecule has 0 atom stereocenters. The summed E-state index contributed by atoms with van der Waals surface area (Å²) in [4.78, 5) is 0. The zero-order valence-corrected chi connectivity index (χ0v) is 12.4. The van der Waals surface area contributed by atoms with E-state index >= 15 is 0 Å². The smallest absolute Gasteiger partial charge is 0.0304 e. The summed E-state index contributed by atoms with van der Waals surface area (Å²) >= 11 is 0. The van der Waals surface area contributed by atoms with E-state index in [1.165, 1.54) is 38.5 Å². The number of halogens is 1. The van der Waals surface area contributed by atoms with Crippen molar-refractivity contribution < 1.29 is 0 Å². The van der Waals surface area contributed by atoms with Gasteiger partial charge in [0.05, 0.1) is 0 Å². The summed E-state index contributed by atoms with van der Waals surface area (Å²) in [5.41, 5.74) is 0.101. The Morgan fingerprint density at radius 3 is 2.13 bits per heavy atom. The maximum Gasteiger partial charge on any atom is 0.0304 e. The zero-order chi connectivity index (χ0) is 10.9. The lowest BCUT2D eigenvalue weighted by Gasteiger charge is -2.21. The molecule has 0 aromatic carbocycles. The van der Waals surface area contributed by atoms with Crippen molar-refractivity contribution in [3.05, 3.63) is 12.7 Å². The van der Waals surface area contributed by atoms with Gasteiger partial charge in [-0.05, 0) is 26.8 Å². The number of hydrogen-bond donors (Lipinski definition) is 1. The van der Waals surface area contributed by atoms with Gasteiger partial charge < -0.3 is 5.32 Å². The third-order valence-electron chi connectivity index (χ3n) is 2.62. The van der Waals surface area contributed by atoms with Crippen LogP contribution >= 0.6 is 17.0 Å². The SMILES string of the molecule is Br.C=CC(C)(C)NCCCCCCCC. The van der Waals surface area contributed by atoms with Crippen LogP contribution in [0.2, 0.25) is 0 Å². The molecule has 92 valence electrons. The van der Waals surface area contributed by atoms with Crippen LogP contribution in [0.25, 0.3) is 0 Å². The molecule has 0 saturated carbocycles. The molecule has 0 unspecified atom stereocenters. The fourth-order valence-electron chi connectivity index (χ4n) is 1.39. The Balaban J connectivity index is 0. The Hall–Kier alpha value is 0.180. The summed E-state index contributed by atoms with van der Waals surface area (Å²) in [5.74, 6) is 0. The number of rotatable bonds is 9. The highest BCUT2D eigenvalue weighted by Gasteiger charge is 2.09. The molecule has 0 aliphatic rings. The topological polar surface area (TPSA) is 12.0 Å². The lowest BCUT2D eigenvalue weighted by atomic mass is 10.1. The average Bonchev–Trinajstić information content (AvgIpc) is 2.16. The standard InChI is InChI=1S/C13H27N.BrH/c1-5-7-8-9-10-11-12-14-13(3,4)6-2;/h6,14H,2,5,7-12H2,1,3-4H3;1H. The van der Waals surface area contributed by atoms with Gasteiger partial charge in [0.1, 0.15) is 0 Å². The zero-order valence-electron chi connectivity index (χ0n) is 10.6. The van der Waals surface area contributed by atoms with Gasteiger partial charge in [-0.15, -0.1) is 23.6 Å². The summed E-state index contributed by atoms with van der Waals surface area (Å²) in [6, 6.07) is 0. The van der Waals surface area contributed by atoms with Crippen LogP contribution < -0.4 is 5.32 Å². The molecular weight excluding hydrogens is 250 g/mol. The van der Waals surface area contributed by atoms with Gasteiger partial charge in [0, 0.05) is 5.54 Å². The maximum absolute atomic E-state index is 3.81. The normalized spacial score (nSPS) is 10.9. The Bertz CT molecular complexity index is 143. The van der Waals surface area contributed by atoms with E-state index in [9.17, 15) is 0 Å². The summed E-state index contributed by atoms with van der Waals surface area (Å²) in [5, 5.41) is 3.48. The van der Waals surface area contributed by atoms with Crippen molar-refractivity contribution >= 4 is 17.0 Å². The Labute approximate surface area is 106 Å². The van der Waals surface area contributed by atoms with Crippen LogP contribution in [0.4, 0.5) is 0 Å². The number of unbranched alkanes of at least 4 members (excludes halogenated alkanes) is 5. The van der Waals surface area contributed by atoms with Gasteiger partial charge >= 0.3 is 0 Å². The third-order valence-corrected chi connectivity index (χ3v) is 2.62. The molecule has 0 spiro atoms. The highest BCUT2D eigenvalue weighted by atomic mass is 79.9. The van der Waals surface area contributed by atoms with Crippen molar-refractivity contribution in [2.45, 2.75) is 64.8 Å². The highest BCUT2D eigenvalue weighted by Crippen LogP contribution is 2.06. The van der Waals surface area contributed by atoms with E-state index in [0.717, 1.165) is 6.54 Å². The molecule has 1 nitrogen and oxygen atoms in total. The van der Waals surface area contributed by atoms with E-state index < -0.39 is 0 Å². The molecule has 0 radical (unpaired) electrons. The van der Waals surface area contributed by atoms with E-state index in [4.69, 9.17) is 0 Å². The molecule has 0 amide bonds. The summed E-state index contributed by atoms with van der Waals surface area (Å²) in [7, 11) is 0. The number of hydrogen-bond acceptors (Lipinski definition) is 1. The van der Waals surface area contributed by atoms with Gasteiger partial charge in [-0.1, -0.05) is 45.1 Å². The third kappa shape index (κ3) is 12.1. The molecule has 2 heteroatoms. The molecule has 0 aliphatic heterocycles. The van der Waals surface area contributed by atoms with Gasteiger partial charge in [0.2, 0.25) is 0 Å². The summed E-state index contributed by atoms with van der Waals surface area (Å²) in [6.07, 6.45) is 10.2. The van der Waals surface area contributed by atoms with Crippen molar-refractivity contribution in [2.24, 2.45) is 0 Å². The van der Waals surface area contributed by atoms with Crippen LogP contribution in [-0.2, 0) is 0 Å². The van der Waals surface area contributed by atoms with Crippen molar-refractivity contribution in [3.63, 3.8) is 0 Å². The minimum Gasteiger partial charge on any atom is -0.308 e. The quantitative estimate of drug-likeness (QED) is 0.484. The molecule has 0 aliphatic carbocycles. The fourth-order valence-corrected chi connectivity index (χ4v) is 1.39. The Kier molecular flexibility index (Phi) is 12.5. The maximum atomic E-state index is 3.81. The largest absolute Gasteiger partial charge is 0.308 e. The fraction of sp³-hybridized carbons (Fsp3) is 0.846. The molecule has 0 saturated heterocycles. The predicted octanol–water partition coefficient (Wildman–Crippen LogP) is 4.48. The first-order valence-corrected chi connectivity index (χ1v) is 6.01. The second kappa shape index (κ2) is 10.7. The van der Waals surface area contributed by atoms with Gasteiger partial charge in [-0.2, -0.15) is 0 Å². The van der Waals surface area contributed by atoms with Crippen LogP contribution in [0.3, 0.4) is 0 Å². The summed E-state index contributed by atoms with van der Waals surface area (Å²) in [6.45, 7) is 11.5. The van der Waals surface area contributed by atoms with E-state index in [1.807, 2.05) is 6.08 Å². The van der Waals surface area contributed by atoms with Gasteiger partial charge in [-0.25, -0.2) is 0 Å². The van der Waals surface area contributed by atoms with Crippen molar-refractivity contribution in [1.29, 1.82) is 0 Å². The van der Waals surface area contributed by atoms with Gasteiger partial charge in [0.15, 0.2) is 0 Å². The van der Waals surface area contributed by atoms with Crippen LogP contribution in [0.5, 0.6) is 0 Å². The van der Waals surface area contributed by atoms with E-state index in [-0.39, 0.29) is 22.5 Å². The van der Waals surface area contributed by atoms with E-state index in [1.54, 1.807) is 0 Å². The van der Waals surface area contributed by atoms with Gasteiger partial charge in [-0.3, -0.25) is 0 Å². The first-order valence-electron chi connectivity index (χ1n) is 6.01. The Morgan fingerprint density at radius 1 is 1.07 bits per heavy atom. The molecular formula is C13H28BrN. The minimum absolute atomic E-state index is 0. The van der Waals surface area contributed by atoms with Crippen molar-refractivity contribution in [3.8, 4) is 0 Å². The molecule has 0 rings (SSSR count). The summed E-state index contributed by atoms with van der Waals surface area (Å²) < 4.78 is 0. The van der Waals surface area contributed by atoms with Crippen molar-refractivity contribution in [1.82, 2.24) is 5.32 Å². The van der Waals surface area contributed by atoms with Gasteiger partial charge in [0.25, 0.3) is 0 Å². The average molecular weight is 278 g/mol. The molecule has 0 aromatic rings.